The van der Waals surface area contributed by atoms with Crippen molar-refractivity contribution in [1.29, 1.82) is 0 Å². The number of oxazole rings is 1. The second-order valence-corrected chi connectivity index (χ2v) is 7.07. The molecule has 3 nitrogen and oxygen atoms in total. The Bertz CT molecular complexity index is 416. The summed E-state index contributed by atoms with van der Waals surface area (Å²) < 4.78 is 5.41. The molecule has 1 heterocycles. The predicted molar refractivity (Wildman–Crippen MR) is 69.8 cm³/mol. The Morgan fingerprint density at radius 3 is 2.28 bits per heavy atom. The maximum Gasteiger partial charge on any atom is 0.211 e. The van der Waals surface area contributed by atoms with E-state index in [1.54, 1.807) is 6.20 Å². The fraction of sp³-hybridized carbons (Fsp3) is 0.800. The van der Waals surface area contributed by atoms with Crippen LogP contribution in [0.2, 0.25) is 0 Å². The number of rotatable bonds is 3. The normalized spacial score (nSPS) is 41.4. The Labute approximate surface area is 108 Å². The lowest BCUT2D eigenvalue weighted by molar-refractivity contribution is -0.0576. The van der Waals surface area contributed by atoms with Crippen LogP contribution in [0.3, 0.4) is 0 Å². The predicted octanol–water partition coefficient (Wildman–Crippen LogP) is 3.41. The van der Waals surface area contributed by atoms with Crippen molar-refractivity contribution in [2.24, 2.45) is 23.2 Å². The highest BCUT2D eigenvalue weighted by Crippen LogP contribution is 2.61. The molecule has 4 saturated carbocycles. The van der Waals surface area contributed by atoms with E-state index in [9.17, 15) is 0 Å². The number of nitrogens with two attached hydrogens (primary N) is 1. The second-order valence-electron chi connectivity index (χ2n) is 7.07. The van der Waals surface area contributed by atoms with E-state index in [2.05, 4.69) is 4.98 Å². The van der Waals surface area contributed by atoms with Crippen molar-refractivity contribution < 1.29 is 4.42 Å². The summed E-state index contributed by atoms with van der Waals surface area (Å²) in [6, 6.07) is 0. The number of nitrogens with zero attached hydrogens (tertiary/aromatic N) is 1. The molecule has 0 amide bonds. The summed E-state index contributed by atoms with van der Waals surface area (Å²) in [6.45, 7) is 0. The van der Waals surface area contributed by atoms with Crippen LogP contribution < -0.4 is 5.73 Å². The van der Waals surface area contributed by atoms with Crippen LogP contribution in [0.5, 0.6) is 0 Å². The van der Waals surface area contributed by atoms with Gasteiger partial charge in [-0.25, -0.2) is 4.98 Å². The molecule has 4 aliphatic carbocycles. The van der Waals surface area contributed by atoms with E-state index in [-0.39, 0.29) is 0 Å². The highest BCUT2D eigenvalue weighted by atomic mass is 16.4. The molecule has 5 rings (SSSR count). The zero-order chi connectivity index (χ0) is 12.2. The van der Waals surface area contributed by atoms with E-state index in [1.807, 2.05) is 0 Å². The molecular formula is C15H22N2O. The molecule has 3 heteroatoms. The lowest BCUT2D eigenvalue weighted by atomic mass is 9.48. The van der Waals surface area contributed by atoms with Gasteiger partial charge in [0.1, 0.15) is 0 Å². The zero-order valence-corrected chi connectivity index (χ0v) is 10.9. The molecule has 18 heavy (non-hydrogen) atoms. The van der Waals surface area contributed by atoms with Gasteiger partial charge in [-0.05, 0) is 68.1 Å². The van der Waals surface area contributed by atoms with Gasteiger partial charge in [0.05, 0.1) is 6.20 Å². The fourth-order valence-electron chi connectivity index (χ4n) is 5.41. The van der Waals surface area contributed by atoms with Crippen LogP contribution in [0.1, 0.15) is 50.8 Å². The Balaban J connectivity index is 1.47. The Morgan fingerprint density at radius 2 is 1.78 bits per heavy atom. The highest BCUT2D eigenvalue weighted by molar-refractivity contribution is 5.18. The molecule has 1 aromatic heterocycles. The van der Waals surface area contributed by atoms with Gasteiger partial charge >= 0.3 is 0 Å². The van der Waals surface area contributed by atoms with Crippen molar-refractivity contribution >= 4 is 5.88 Å². The van der Waals surface area contributed by atoms with Crippen LogP contribution in [0.25, 0.3) is 0 Å². The molecule has 4 aliphatic rings. The van der Waals surface area contributed by atoms with Crippen molar-refractivity contribution in [3.63, 3.8) is 0 Å². The molecule has 0 atom stereocenters. The zero-order valence-electron chi connectivity index (χ0n) is 10.9. The Hall–Kier alpha value is -0.990. The van der Waals surface area contributed by atoms with Gasteiger partial charge in [-0.1, -0.05) is 0 Å². The SMILES string of the molecule is Nc1cnc(CCC23CC4CC(CC(C4)C2)C3)o1. The third-order valence-corrected chi connectivity index (χ3v) is 5.61. The largest absolute Gasteiger partial charge is 0.426 e. The molecule has 2 N–H and O–H groups in total. The molecule has 1 aromatic rings. The third-order valence-electron chi connectivity index (χ3n) is 5.61. The van der Waals surface area contributed by atoms with E-state index >= 15 is 0 Å². The number of hydrogen-bond acceptors (Lipinski definition) is 3. The number of aromatic nitrogens is 1. The third kappa shape index (κ3) is 1.75. The van der Waals surface area contributed by atoms with Gasteiger partial charge in [0.25, 0.3) is 0 Å². The van der Waals surface area contributed by atoms with E-state index in [4.69, 9.17) is 10.2 Å². The van der Waals surface area contributed by atoms with Gasteiger partial charge in [0.15, 0.2) is 5.89 Å². The molecule has 0 saturated heterocycles. The van der Waals surface area contributed by atoms with Crippen LogP contribution >= 0.6 is 0 Å². The van der Waals surface area contributed by atoms with Crippen LogP contribution in [-0.2, 0) is 6.42 Å². The molecular weight excluding hydrogens is 224 g/mol. The first kappa shape index (κ1) is 10.9. The van der Waals surface area contributed by atoms with Crippen molar-refractivity contribution in [1.82, 2.24) is 4.98 Å². The molecule has 98 valence electrons. The average Bonchev–Trinajstić information content (AvgIpc) is 2.71. The van der Waals surface area contributed by atoms with Crippen LogP contribution in [0, 0.1) is 23.2 Å². The van der Waals surface area contributed by atoms with Gasteiger partial charge in [0, 0.05) is 6.42 Å². The molecule has 0 unspecified atom stereocenters. The quantitative estimate of drug-likeness (QED) is 0.889. The summed E-state index contributed by atoms with van der Waals surface area (Å²) in [4.78, 5) is 4.24. The molecule has 4 bridgehead atoms. The summed E-state index contributed by atoms with van der Waals surface area (Å²) in [5.74, 6) is 4.39. The summed E-state index contributed by atoms with van der Waals surface area (Å²) >= 11 is 0. The topological polar surface area (TPSA) is 52.0 Å². The molecule has 0 aromatic carbocycles. The van der Waals surface area contributed by atoms with Crippen molar-refractivity contribution in [2.75, 3.05) is 5.73 Å². The number of aryl methyl sites for hydroxylation is 1. The van der Waals surface area contributed by atoms with E-state index in [0.717, 1.165) is 30.1 Å². The minimum atomic E-state index is 0.454. The lowest BCUT2D eigenvalue weighted by Crippen LogP contribution is -2.46. The lowest BCUT2D eigenvalue weighted by Gasteiger charge is -2.57. The smallest absolute Gasteiger partial charge is 0.211 e. The van der Waals surface area contributed by atoms with E-state index in [0.29, 0.717) is 11.3 Å². The van der Waals surface area contributed by atoms with E-state index < -0.39 is 0 Å². The maximum absolute atomic E-state index is 5.59. The minimum absolute atomic E-state index is 0.454. The molecule has 0 aliphatic heterocycles. The summed E-state index contributed by atoms with van der Waals surface area (Å²) in [7, 11) is 0. The molecule has 0 spiro atoms. The monoisotopic (exact) mass is 246 g/mol. The molecule has 4 fully saturated rings. The van der Waals surface area contributed by atoms with Crippen molar-refractivity contribution in [3.8, 4) is 0 Å². The summed E-state index contributed by atoms with van der Waals surface area (Å²) in [5, 5.41) is 0. The number of anilines is 1. The fourth-order valence-corrected chi connectivity index (χ4v) is 5.41. The Morgan fingerprint density at radius 1 is 1.17 bits per heavy atom. The number of nitrogen functional groups attached to an aromatic ring is 1. The minimum Gasteiger partial charge on any atom is -0.426 e. The van der Waals surface area contributed by atoms with Gasteiger partial charge in [-0.3, -0.25) is 0 Å². The number of hydrogen-bond donors (Lipinski definition) is 1. The van der Waals surface area contributed by atoms with Gasteiger partial charge in [-0.2, -0.15) is 0 Å². The average molecular weight is 246 g/mol. The summed E-state index contributed by atoms with van der Waals surface area (Å²) in [6.07, 6.45) is 12.8. The first-order valence-electron chi connectivity index (χ1n) is 7.41. The van der Waals surface area contributed by atoms with E-state index in [1.165, 1.54) is 44.9 Å². The first-order valence-corrected chi connectivity index (χ1v) is 7.41. The van der Waals surface area contributed by atoms with Crippen molar-refractivity contribution in [2.45, 2.75) is 51.4 Å². The van der Waals surface area contributed by atoms with Gasteiger partial charge < -0.3 is 10.2 Å². The Kier molecular flexibility index (Phi) is 2.27. The van der Waals surface area contributed by atoms with Gasteiger partial charge in [0.2, 0.25) is 5.88 Å². The van der Waals surface area contributed by atoms with Crippen molar-refractivity contribution in [3.05, 3.63) is 12.1 Å². The first-order chi connectivity index (χ1) is 8.71. The second kappa shape index (κ2) is 3.75. The highest BCUT2D eigenvalue weighted by Gasteiger charge is 2.50. The molecule has 0 radical (unpaired) electrons. The van der Waals surface area contributed by atoms with Crippen LogP contribution in [-0.4, -0.2) is 4.98 Å². The maximum atomic E-state index is 5.59. The summed E-state index contributed by atoms with van der Waals surface area (Å²) in [5.41, 5.74) is 6.21. The van der Waals surface area contributed by atoms with Crippen LogP contribution in [0.4, 0.5) is 5.88 Å². The van der Waals surface area contributed by atoms with Gasteiger partial charge in [-0.15, -0.1) is 0 Å². The van der Waals surface area contributed by atoms with Crippen LogP contribution in [0.15, 0.2) is 10.6 Å². The standard InChI is InChI=1S/C15H22N2O/c16-13-9-17-14(18-13)1-2-15-6-10-3-11(7-15)5-12(4-10)8-15/h9-12H,1-8,16H2.